The highest BCUT2D eigenvalue weighted by molar-refractivity contribution is 7.13. The average Bonchev–Trinajstić information content (AvgIpc) is 3.41. The van der Waals surface area contributed by atoms with Crippen LogP contribution in [0.2, 0.25) is 0 Å². The number of methoxy groups -OCH3 is 2. The fourth-order valence-electron chi connectivity index (χ4n) is 3.44. The predicted octanol–water partition coefficient (Wildman–Crippen LogP) is 4.21. The summed E-state index contributed by atoms with van der Waals surface area (Å²) in [6, 6.07) is 10.2. The molecule has 0 spiro atoms. The molecule has 0 amide bonds. The van der Waals surface area contributed by atoms with Gasteiger partial charge in [0.1, 0.15) is 16.5 Å². The summed E-state index contributed by atoms with van der Waals surface area (Å²) in [6.45, 7) is 6.38. The number of benzene rings is 1. The first-order valence-electron chi connectivity index (χ1n) is 9.39. The Bertz CT molecular complexity index is 887. The highest BCUT2D eigenvalue weighted by Gasteiger charge is 2.19. The van der Waals surface area contributed by atoms with E-state index in [0.29, 0.717) is 0 Å². The Hall–Kier alpha value is -1.93. The Labute approximate surface area is 174 Å². The van der Waals surface area contributed by atoms with E-state index in [2.05, 4.69) is 32.7 Å². The minimum absolute atomic E-state index is 0.790. The van der Waals surface area contributed by atoms with Gasteiger partial charge >= 0.3 is 0 Å². The quantitative estimate of drug-likeness (QED) is 0.578. The van der Waals surface area contributed by atoms with Gasteiger partial charge in [-0.3, -0.25) is 9.80 Å². The third-order valence-electron chi connectivity index (χ3n) is 5.00. The van der Waals surface area contributed by atoms with Gasteiger partial charge in [-0.2, -0.15) is 0 Å². The molecule has 1 aliphatic rings. The van der Waals surface area contributed by atoms with Crippen LogP contribution < -0.4 is 9.47 Å². The largest absolute Gasteiger partial charge is 0.497 e. The Kier molecular flexibility index (Phi) is 6.26. The molecule has 5 nitrogen and oxygen atoms in total. The monoisotopic (exact) mass is 415 g/mol. The van der Waals surface area contributed by atoms with Crippen LogP contribution in [0.25, 0.3) is 10.6 Å². The lowest BCUT2D eigenvalue weighted by atomic mass is 10.2. The van der Waals surface area contributed by atoms with Crippen LogP contribution in [-0.4, -0.2) is 55.2 Å². The van der Waals surface area contributed by atoms with Crippen molar-refractivity contribution in [3.05, 3.63) is 51.7 Å². The molecule has 0 N–H and O–H groups in total. The van der Waals surface area contributed by atoms with Gasteiger partial charge in [0, 0.05) is 55.6 Å². The van der Waals surface area contributed by atoms with Gasteiger partial charge in [-0.1, -0.05) is 6.07 Å². The predicted molar refractivity (Wildman–Crippen MR) is 116 cm³/mol. The first kappa shape index (κ1) is 19.4. The third kappa shape index (κ3) is 4.55. The zero-order valence-electron chi connectivity index (χ0n) is 16.3. The normalized spacial score (nSPS) is 15.6. The number of ether oxygens (including phenoxy) is 2. The molecule has 0 aliphatic carbocycles. The summed E-state index contributed by atoms with van der Waals surface area (Å²) in [5.41, 5.74) is 2.14. The molecule has 7 heteroatoms. The number of thiazole rings is 1. The third-order valence-corrected chi connectivity index (χ3v) is 6.79. The van der Waals surface area contributed by atoms with E-state index >= 15 is 0 Å². The maximum atomic E-state index is 5.53. The summed E-state index contributed by atoms with van der Waals surface area (Å²) in [4.78, 5) is 11.3. The van der Waals surface area contributed by atoms with Gasteiger partial charge in [0.05, 0.1) is 25.5 Å². The van der Waals surface area contributed by atoms with E-state index in [4.69, 9.17) is 14.5 Å². The minimum Gasteiger partial charge on any atom is -0.497 e. The van der Waals surface area contributed by atoms with Crippen LogP contribution in [0, 0.1) is 0 Å². The van der Waals surface area contributed by atoms with E-state index in [-0.39, 0.29) is 0 Å². The lowest BCUT2D eigenvalue weighted by Crippen LogP contribution is -2.45. The smallest absolute Gasteiger partial charge is 0.132 e. The summed E-state index contributed by atoms with van der Waals surface area (Å²) >= 11 is 3.51. The van der Waals surface area contributed by atoms with Gasteiger partial charge in [0.25, 0.3) is 0 Å². The van der Waals surface area contributed by atoms with Gasteiger partial charge in [-0.05, 0) is 23.6 Å². The van der Waals surface area contributed by atoms with Crippen molar-refractivity contribution in [2.24, 2.45) is 0 Å². The van der Waals surface area contributed by atoms with Gasteiger partial charge in [0.15, 0.2) is 0 Å². The molecule has 2 aromatic heterocycles. The Morgan fingerprint density at radius 3 is 2.43 bits per heavy atom. The van der Waals surface area contributed by atoms with Crippen LogP contribution in [0.15, 0.2) is 41.1 Å². The second-order valence-electron chi connectivity index (χ2n) is 6.84. The van der Waals surface area contributed by atoms with E-state index in [9.17, 15) is 0 Å². The fraction of sp³-hybridized carbons (Fsp3) is 0.381. The second kappa shape index (κ2) is 9.05. The van der Waals surface area contributed by atoms with Crippen LogP contribution >= 0.6 is 22.7 Å². The van der Waals surface area contributed by atoms with Crippen molar-refractivity contribution in [2.75, 3.05) is 40.4 Å². The van der Waals surface area contributed by atoms with Crippen molar-refractivity contribution in [2.45, 2.75) is 13.1 Å². The zero-order valence-corrected chi connectivity index (χ0v) is 17.9. The van der Waals surface area contributed by atoms with E-state index in [1.807, 2.05) is 29.5 Å². The first-order valence-corrected chi connectivity index (χ1v) is 11.1. The summed E-state index contributed by atoms with van der Waals surface area (Å²) < 4.78 is 10.8. The molecule has 4 rings (SSSR count). The van der Waals surface area contributed by atoms with Gasteiger partial charge < -0.3 is 9.47 Å². The lowest BCUT2D eigenvalue weighted by molar-refractivity contribution is 0.122. The Morgan fingerprint density at radius 2 is 1.75 bits per heavy atom. The Balaban J connectivity index is 1.35. The van der Waals surface area contributed by atoms with Crippen LogP contribution in [0.3, 0.4) is 0 Å². The Morgan fingerprint density at radius 1 is 0.964 bits per heavy atom. The van der Waals surface area contributed by atoms with Crippen molar-refractivity contribution in [3.8, 4) is 22.1 Å². The summed E-state index contributed by atoms with van der Waals surface area (Å²) in [6.07, 6.45) is 0. The highest BCUT2D eigenvalue weighted by atomic mass is 32.1. The number of hydrogen-bond donors (Lipinski definition) is 0. The van der Waals surface area contributed by atoms with Crippen LogP contribution in [0.4, 0.5) is 0 Å². The van der Waals surface area contributed by atoms with Crippen molar-refractivity contribution in [1.82, 2.24) is 14.8 Å². The number of aromatic nitrogens is 1. The van der Waals surface area contributed by atoms with Gasteiger partial charge in [-0.15, -0.1) is 22.7 Å². The molecule has 1 fully saturated rings. The molecule has 1 saturated heterocycles. The van der Waals surface area contributed by atoms with Crippen molar-refractivity contribution in [1.29, 1.82) is 0 Å². The van der Waals surface area contributed by atoms with Crippen molar-refractivity contribution < 1.29 is 9.47 Å². The molecular weight excluding hydrogens is 390 g/mol. The molecular formula is C21H25N3O2S2. The molecule has 1 aliphatic heterocycles. The van der Waals surface area contributed by atoms with Crippen LogP contribution in [0.1, 0.15) is 10.6 Å². The maximum absolute atomic E-state index is 5.53. The molecule has 0 unspecified atom stereocenters. The maximum Gasteiger partial charge on any atom is 0.132 e. The molecule has 1 aromatic carbocycles. The van der Waals surface area contributed by atoms with Crippen molar-refractivity contribution in [3.63, 3.8) is 0 Å². The highest BCUT2D eigenvalue weighted by Crippen LogP contribution is 2.35. The van der Waals surface area contributed by atoms with E-state index in [1.165, 1.54) is 4.88 Å². The molecule has 0 bridgehead atoms. The topological polar surface area (TPSA) is 37.8 Å². The lowest BCUT2D eigenvalue weighted by Gasteiger charge is -2.34. The molecule has 3 aromatic rings. The fourth-order valence-corrected chi connectivity index (χ4v) is 5.02. The first-order chi connectivity index (χ1) is 13.7. The summed E-state index contributed by atoms with van der Waals surface area (Å²) in [5, 5.41) is 5.31. The van der Waals surface area contributed by atoms with Gasteiger partial charge in [-0.25, -0.2) is 4.98 Å². The zero-order chi connectivity index (χ0) is 19.3. The number of nitrogens with zero attached hydrogens (tertiary/aromatic N) is 3. The number of rotatable bonds is 7. The summed E-state index contributed by atoms with van der Waals surface area (Å²) in [7, 11) is 3.35. The molecule has 148 valence electrons. The number of piperazine rings is 1. The second-order valence-corrected chi connectivity index (χ2v) is 8.73. The number of hydrogen-bond acceptors (Lipinski definition) is 7. The average molecular weight is 416 g/mol. The minimum atomic E-state index is 0.790. The molecule has 0 radical (unpaired) electrons. The molecule has 3 heterocycles. The van der Waals surface area contributed by atoms with Crippen molar-refractivity contribution >= 4 is 22.7 Å². The van der Waals surface area contributed by atoms with Crippen LogP contribution in [-0.2, 0) is 13.1 Å². The summed E-state index contributed by atoms with van der Waals surface area (Å²) in [5.74, 6) is 1.58. The molecule has 0 saturated carbocycles. The van der Waals surface area contributed by atoms with E-state index in [1.54, 1.807) is 25.6 Å². The SMILES string of the molecule is COc1ccc(-c2nc(CN3CCN(Cc4cccs4)CC3)cs2)c(OC)c1. The standard InChI is InChI=1S/C21H25N3O2S2/c1-25-17-5-6-19(20(12-17)26-2)21-22-16(15-28-21)13-23-7-9-24(10-8-23)14-18-4-3-11-27-18/h3-6,11-12,15H,7-10,13-14H2,1-2H3. The van der Waals surface area contributed by atoms with E-state index < -0.39 is 0 Å². The van der Waals surface area contributed by atoms with E-state index in [0.717, 1.165) is 67.0 Å². The molecule has 0 atom stereocenters. The van der Waals surface area contributed by atoms with Crippen LogP contribution in [0.5, 0.6) is 11.5 Å². The number of thiophene rings is 1. The molecule has 28 heavy (non-hydrogen) atoms. The van der Waals surface area contributed by atoms with Gasteiger partial charge in [0.2, 0.25) is 0 Å².